The Morgan fingerprint density at radius 2 is 1.46 bits per heavy atom. The molecular formula is C36H45N3O6S. The zero-order valence-electron chi connectivity index (χ0n) is 26.8. The van der Waals surface area contributed by atoms with Crippen LogP contribution in [0.1, 0.15) is 81.1 Å². The van der Waals surface area contributed by atoms with Gasteiger partial charge in [0.1, 0.15) is 0 Å². The summed E-state index contributed by atoms with van der Waals surface area (Å²) in [6, 6.07) is 23.6. The molecule has 1 heterocycles. The van der Waals surface area contributed by atoms with E-state index in [4.69, 9.17) is 9.47 Å². The van der Waals surface area contributed by atoms with E-state index in [1.165, 1.54) is 13.8 Å². The van der Waals surface area contributed by atoms with Crippen molar-refractivity contribution in [3.05, 3.63) is 95.1 Å². The fourth-order valence-corrected chi connectivity index (χ4v) is 6.33. The molecule has 1 aliphatic heterocycles. The fourth-order valence-electron chi connectivity index (χ4n) is 5.26. The molecule has 3 aromatic rings. The number of rotatable bonds is 15. The van der Waals surface area contributed by atoms with E-state index in [-0.39, 0.29) is 42.5 Å². The maximum Gasteiger partial charge on any atom is 0.221 e. The lowest BCUT2D eigenvalue weighted by Gasteiger charge is -2.41. The Labute approximate surface area is 275 Å². The molecule has 3 amide bonds. The van der Waals surface area contributed by atoms with Crippen LogP contribution in [-0.2, 0) is 37.0 Å². The summed E-state index contributed by atoms with van der Waals surface area (Å²) in [4.78, 5) is 35.7. The highest BCUT2D eigenvalue weighted by molar-refractivity contribution is 7.99. The number of hydrogen-bond donors (Lipinski definition) is 4. The molecule has 0 saturated carbocycles. The van der Waals surface area contributed by atoms with Gasteiger partial charge >= 0.3 is 0 Å². The summed E-state index contributed by atoms with van der Waals surface area (Å²) in [6.07, 6.45) is 2.09. The van der Waals surface area contributed by atoms with Gasteiger partial charge in [0, 0.05) is 61.2 Å². The van der Waals surface area contributed by atoms with E-state index >= 15 is 0 Å². The second kappa shape index (κ2) is 17.9. The average molecular weight is 648 g/mol. The molecule has 0 aromatic heterocycles. The Bertz CT molecular complexity index is 1420. The average Bonchev–Trinajstić information content (AvgIpc) is 3.05. The first-order chi connectivity index (χ1) is 22.2. The number of anilines is 1. The van der Waals surface area contributed by atoms with Crippen LogP contribution in [0, 0.1) is 5.92 Å². The standard InChI is InChI=1S/C36H45N3O6S/c1-24-33(23-46-32-18-16-31(17-19-32)39-26(3)42)44-36(45-35(24)29-12-10-28(22-40)11-13-29)30-14-8-27(9-15-30)21-38-34(43)7-5-4-6-20-37-25(2)41/h8-19,24,33,35-36,40H,4-7,20-23H2,1-3H3,(H,37,41)(H,38,43)(H,39,42)/t24-,33+,35+,36+/m1/s1. The number of amides is 3. The number of nitrogens with one attached hydrogen (secondary N) is 3. The van der Waals surface area contributed by atoms with Crippen LogP contribution in [0.4, 0.5) is 5.69 Å². The van der Waals surface area contributed by atoms with Gasteiger partial charge in [-0.15, -0.1) is 11.8 Å². The normalized spacial score (nSPS) is 19.3. The van der Waals surface area contributed by atoms with E-state index in [2.05, 4.69) is 22.9 Å². The quantitative estimate of drug-likeness (QED) is 0.117. The summed E-state index contributed by atoms with van der Waals surface area (Å²) in [7, 11) is 0. The number of carbonyl (C=O) groups is 3. The lowest BCUT2D eigenvalue weighted by molar-refractivity contribution is -0.268. The monoisotopic (exact) mass is 647 g/mol. The van der Waals surface area contributed by atoms with Gasteiger partial charge in [-0.3, -0.25) is 14.4 Å². The summed E-state index contributed by atoms with van der Waals surface area (Å²) in [5.41, 5.74) is 4.52. The Balaban J connectivity index is 1.37. The number of aliphatic hydroxyl groups is 1. The molecule has 0 bridgehead atoms. The number of hydrogen-bond acceptors (Lipinski definition) is 7. The van der Waals surface area contributed by atoms with Gasteiger partial charge < -0.3 is 30.5 Å². The van der Waals surface area contributed by atoms with Crippen LogP contribution < -0.4 is 16.0 Å². The number of carbonyl (C=O) groups excluding carboxylic acids is 3. The highest BCUT2D eigenvalue weighted by Gasteiger charge is 2.38. The summed E-state index contributed by atoms with van der Waals surface area (Å²) < 4.78 is 13.1. The molecule has 0 spiro atoms. The van der Waals surface area contributed by atoms with Crippen molar-refractivity contribution >= 4 is 35.2 Å². The molecule has 4 N–H and O–H groups in total. The molecular weight excluding hydrogens is 602 g/mol. The molecule has 46 heavy (non-hydrogen) atoms. The first-order valence-corrected chi connectivity index (χ1v) is 16.8. The second-order valence-electron chi connectivity index (χ2n) is 11.7. The van der Waals surface area contributed by atoms with Crippen LogP contribution in [0.5, 0.6) is 0 Å². The first kappa shape index (κ1) is 35.2. The fraction of sp³-hybridized carbons (Fsp3) is 0.417. The van der Waals surface area contributed by atoms with E-state index in [0.717, 1.165) is 52.1 Å². The predicted octanol–water partition coefficient (Wildman–Crippen LogP) is 6.03. The van der Waals surface area contributed by atoms with Crippen LogP contribution in [0.25, 0.3) is 0 Å². The topological polar surface area (TPSA) is 126 Å². The van der Waals surface area contributed by atoms with Crippen molar-refractivity contribution in [2.24, 2.45) is 5.92 Å². The molecule has 246 valence electrons. The molecule has 4 atom stereocenters. The van der Waals surface area contributed by atoms with Crippen LogP contribution in [-0.4, -0.2) is 41.2 Å². The lowest BCUT2D eigenvalue weighted by atomic mass is 9.91. The van der Waals surface area contributed by atoms with Crippen LogP contribution in [0.3, 0.4) is 0 Å². The Kier molecular flexibility index (Phi) is 13.6. The van der Waals surface area contributed by atoms with E-state index < -0.39 is 6.29 Å². The largest absolute Gasteiger partial charge is 0.392 e. The van der Waals surface area contributed by atoms with Crippen molar-refractivity contribution in [3.63, 3.8) is 0 Å². The minimum Gasteiger partial charge on any atom is -0.392 e. The first-order valence-electron chi connectivity index (χ1n) is 15.8. The molecule has 9 nitrogen and oxygen atoms in total. The number of benzene rings is 3. The Morgan fingerprint density at radius 1 is 0.783 bits per heavy atom. The zero-order valence-corrected chi connectivity index (χ0v) is 27.6. The molecule has 1 fully saturated rings. The number of ether oxygens (including phenoxy) is 2. The van der Waals surface area contributed by atoms with Crippen LogP contribution in [0.15, 0.2) is 77.7 Å². The molecule has 0 radical (unpaired) electrons. The Hall–Kier alpha value is -3.70. The number of unbranched alkanes of at least 4 members (excludes halogenated alkanes) is 2. The number of aliphatic hydroxyl groups excluding tert-OH is 1. The Morgan fingerprint density at radius 3 is 2.11 bits per heavy atom. The van der Waals surface area contributed by atoms with Gasteiger partial charge in [0.2, 0.25) is 17.7 Å². The maximum absolute atomic E-state index is 12.3. The predicted molar refractivity (Wildman–Crippen MR) is 180 cm³/mol. The van der Waals surface area contributed by atoms with E-state index in [1.807, 2.05) is 72.8 Å². The second-order valence-corrected chi connectivity index (χ2v) is 12.7. The van der Waals surface area contributed by atoms with E-state index in [0.29, 0.717) is 25.3 Å². The third-order valence-corrected chi connectivity index (χ3v) is 9.01. The molecule has 0 unspecified atom stereocenters. The molecule has 1 saturated heterocycles. The van der Waals surface area contributed by atoms with Gasteiger partial charge in [-0.1, -0.05) is 61.9 Å². The molecule has 1 aliphatic rings. The molecule has 0 aliphatic carbocycles. The smallest absolute Gasteiger partial charge is 0.221 e. The summed E-state index contributed by atoms with van der Waals surface area (Å²) in [6.45, 7) is 6.20. The van der Waals surface area contributed by atoms with Gasteiger partial charge in [-0.05, 0) is 53.8 Å². The zero-order chi connectivity index (χ0) is 32.9. The lowest BCUT2D eigenvalue weighted by Crippen LogP contribution is -2.38. The van der Waals surface area contributed by atoms with Gasteiger partial charge in [0.15, 0.2) is 6.29 Å². The molecule has 3 aromatic carbocycles. The van der Waals surface area contributed by atoms with Crippen molar-refractivity contribution in [1.29, 1.82) is 0 Å². The van der Waals surface area contributed by atoms with Crippen LogP contribution >= 0.6 is 11.8 Å². The summed E-state index contributed by atoms with van der Waals surface area (Å²) in [5, 5.41) is 18.1. The van der Waals surface area contributed by atoms with Crippen LogP contribution in [0.2, 0.25) is 0 Å². The minimum atomic E-state index is -0.576. The van der Waals surface area contributed by atoms with Gasteiger partial charge in [0.05, 0.1) is 18.8 Å². The third-order valence-electron chi connectivity index (χ3n) is 7.91. The van der Waals surface area contributed by atoms with Gasteiger partial charge in [-0.2, -0.15) is 0 Å². The molecule has 10 heteroatoms. The van der Waals surface area contributed by atoms with Crippen molar-refractivity contribution in [2.45, 2.75) is 83.0 Å². The van der Waals surface area contributed by atoms with E-state index in [1.54, 1.807) is 11.8 Å². The van der Waals surface area contributed by atoms with E-state index in [9.17, 15) is 19.5 Å². The van der Waals surface area contributed by atoms with Crippen molar-refractivity contribution in [3.8, 4) is 0 Å². The summed E-state index contributed by atoms with van der Waals surface area (Å²) >= 11 is 1.70. The summed E-state index contributed by atoms with van der Waals surface area (Å²) in [5.74, 6) is 0.645. The van der Waals surface area contributed by atoms with Crippen molar-refractivity contribution < 1.29 is 29.0 Å². The SMILES string of the molecule is CC(=O)NCCCCCC(=O)NCc1ccc([C@H]2O[C@@H](CSc3ccc(NC(C)=O)cc3)[C@@H](C)[C@@H](c3ccc(CO)cc3)O2)cc1. The molecule has 4 rings (SSSR count). The third kappa shape index (κ3) is 11.0. The van der Waals surface area contributed by atoms with Crippen molar-refractivity contribution in [1.82, 2.24) is 10.6 Å². The number of thioether (sulfide) groups is 1. The van der Waals surface area contributed by atoms with Crippen molar-refractivity contribution in [2.75, 3.05) is 17.6 Å². The van der Waals surface area contributed by atoms with Gasteiger partial charge in [-0.25, -0.2) is 0 Å². The highest BCUT2D eigenvalue weighted by Crippen LogP contribution is 2.43. The van der Waals surface area contributed by atoms with Gasteiger partial charge in [0.25, 0.3) is 0 Å². The minimum absolute atomic E-state index is 0.0108. The maximum atomic E-state index is 12.3. The highest BCUT2D eigenvalue weighted by atomic mass is 32.2.